The molecule has 1 aliphatic carbocycles. The van der Waals surface area contributed by atoms with Gasteiger partial charge in [-0.3, -0.25) is 9.59 Å². The number of nitrogens with one attached hydrogen (secondary N) is 3. The molecule has 0 radical (unpaired) electrons. The third-order valence-electron chi connectivity index (χ3n) is 10.7. The van der Waals surface area contributed by atoms with Crippen molar-refractivity contribution in [2.24, 2.45) is 0 Å². The van der Waals surface area contributed by atoms with E-state index in [0.717, 1.165) is 41.5 Å². The van der Waals surface area contributed by atoms with Gasteiger partial charge >= 0.3 is 18.0 Å². The molecular weight excluding hydrogens is 759 g/mol. The van der Waals surface area contributed by atoms with Crippen LogP contribution in [0.3, 0.4) is 0 Å². The summed E-state index contributed by atoms with van der Waals surface area (Å²) in [6, 6.07) is 14.2. The second-order valence-electron chi connectivity index (χ2n) is 17.0. The maximum absolute atomic E-state index is 13.0. The van der Waals surface area contributed by atoms with Crippen LogP contribution in [-0.4, -0.2) is 67.3 Å². The van der Waals surface area contributed by atoms with Crippen molar-refractivity contribution in [2.45, 2.75) is 173 Å². The number of hydrogen-bond donors (Lipinski definition) is 3. The molecule has 0 bridgehead atoms. The van der Waals surface area contributed by atoms with Crippen LogP contribution < -0.4 is 16.0 Å². The quantitative estimate of drug-likeness (QED) is 0.0305. The SMILES string of the molecule is C=CCOC(=O)[C@H](CCCCNC(=O)CC[C@H](NC(=O)CCCCCCCCCCCCCCC)C(=O)OC(C)(C)C)NC(=O)OCC1c2ccccc2-c2ccccc21. The molecular formula is C49H73N3O8. The topological polar surface area (TPSA) is 149 Å². The smallest absolute Gasteiger partial charge is 0.407 e. The summed E-state index contributed by atoms with van der Waals surface area (Å²) in [5.74, 6) is -1.78. The summed E-state index contributed by atoms with van der Waals surface area (Å²) >= 11 is 0. The van der Waals surface area contributed by atoms with E-state index in [0.29, 0.717) is 25.8 Å². The molecule has 11 heteroatoms. The Morgan fingerprint density at radius 3 is 1.77 bits per heavy atom. The minimum absolute atomic E-state index is 0.00193. The van der Waals surface area contributed by atoms with Crippen LogP contribution in [0.4, 0.5) is 4.79 Å². The molecule has 332 valence electrons. The Kier molecular flexibility index (Phi) is 23.2. The number of fused-ring (bicyclic) bond motifs is 3. The summed E-state index contributed by atoms with van der Waals surface area (Å²) in [6.07, 6.45) is 18.3. The molecule has 0 spiro atoms. The van der Waals surface area contributed by atoms with Gasteiger partial charge in [-0.05, 0) is 75.1 Å². The molecule has 0 heterocycles. The zero-order valence-electron chi connectivity index (χ0n) is 37.0. The number of esters is 2. The van der Waals surface area contributed by atoms with Gasteiger partial charge in [0.05, 0.1) is 0 Å². The van der Waals surface area contributed by atoms with Gasteiger partial charge in [0.1, 0.15) is 30.9 Å². The molecule has 0 saturated carbocycles. The minimum Gasteiger partial charge on any atom is -0.460 e. The van der Waals surface area contributed by atoms with Crippen LogP contribution in [0.1, 0.15) is 167 Å². The van der Waals surface area contributed by atoms with Crippen molar-refractivity contribution in [3.63, 3.8) is 0 Å². The van der Waals surface area contributed by atoms with Crippen LogP contribution >= 0.6 is 0 Å². The van der Waals surface area contributed by atoms with Gasteiger partial charge in [0.25, 0.3) is 0 Å². The van der Waals surface area contributed by atoms with E-state index in [1.807, 2.05) is 36.4 Å². The normalized spacial score (nSPS) is 13.0. The van der Waals surface area contributed by atoms with Crippen molar-refractivity contribution in [1.82, 2.24) is 16.0 Å². The first kappa shape index (κ1) is 49.7. The van der Waals surface area contributed by atoms with Crippen LogP contribution in [0.2, 0.25) is 0 Å². The predicted molar refractivity (Wildman–Crippen MR) is 237 cm³/mol. The highest BCUT2D eigenvalue weighted by molar-refractivity contribution is 5.85. The van der Waals surface area contributed by atoms with E-state index < -0.39 is 35.7 Å². The lowest BCUT2D eigenvalue weighted by molar-refractivity contribution is -0.159. The number of amides is 3. The molecule has 0 aliphatic heterocycles. The van der Waals surface area contributed by atoms with Gasteiger partial charge in [0, 0.05) is 25.3 Å². The molecule has 3 N–H and O–H groups in total. The molecule has 0 fully saturated rings. The van der Waals surface area contributed by atoms with Crippen LogP contribution in [0.5, 0.6) is 0 Å². The third kappa shape index (κ3) is 19.1. The summed E-state index contributed by atoms with van der Waals surface area (Å²) in [4.78, 5) is 64.5. The fourth-order valence-corrected chi connectivity index (χ4v) is 7.53. The van der Waals surface area contributed by atoms with Crippen LogP contribution in [-0.2, 0) is 33.4 Å². The summed E-state index contributed by atoms with van der Waals surface area (Å²) < 4.78 is 16.5. The molecule has 2 aromatic carbocycles. The summed E-state index contributed by atoms with van der Waals surface area (Å²) in [7, 11) is 0. The van der Waals surface area contributed by atoms with Gasteiger partial charge in [-0.25, -0.2) is 14.4 Å². The first-order chi connectivity index (χ1) is 28.9. The lowest BCUT2D eigenvalue weighted by Gasteiger charge is -2.24. The molecule has 60 heavy (non-hydrogen) atoms. The third-order valence-corrected chi connectivity index (χ3v) is 10.7. The molecule has 0 aromatic heterocycles. The van der Waals surface area contributed by atoms with E-state index in [-0.39, 0.29) is 50.2 Å². The maximum Gasteiger partial charge on any atom is 0.407 e. The van der Waals surface area contributed by atoms with Crippen molar-refractivity contribution in [2.75, 3.05) is 19.8 Å². The standard InChI is InChI=1S/C49H73N3O8/c1-6-8-9-10-11-12-13-14-15-16-17-18-19-31-45(54)51-43(47(56)60-49(3,4)5)32-33-44(53)50-34-25-24-30-42(46(55)58-35-7-2)52-48(57)59-36-41-39-28-22-20-26-37(39)38-27-21-23-29-40(38)41/h7,20-23,26-29,41-43H,2,6,8-19,24-25,30-36H2,1,3-5H3,(H,50,53)(H,51,54)(H,52,57)/t42-,43-/m0/s1. The second-order valence-corrected chi connectivity index (χ2v) is 17.0. The number of ether oxygens (including phenoxy) is 3. The number of hydrogen-bond acceptors (Lipinski definition) is 8. The van der Waals surface area contributed by atoms with Crippen molar-refractivity contribution in [1.29, 1.82) is 0 Å². The molecule has 3 amide bonds. The Hall–Kier alpha value is -4.67. The van der Waals surface area contributed by atoms with Gasteiger partial charge in [0.15, 0.2) is 0 Å². The molecule has 3 rings (SSSR count). The zero-order valence-corrected chi connectivity index (χ0v) is 37.0. The highest BCUT2D eigenvalue weighted by Crippen LogP contribution is 2.44. The number of alkyl carbamates (subject to hydrolysis) is 1. The largest absolute Gasteiger partial charge is 0.460 e. The highest BCUT2D eigenvalue weighted by atomic mass is 16.6. The van der Waals surface area contributed by atoms with Gasteiger partial charge in [-0.1, -0.05) is 145 Å². The molecule has 0 unspecified atom stereocenters. The molecule has 2 atom stereocenters. The van der Waals surface area contributed by atoms with Crippen LogP contribution in [0.25, 0.3) is 11.1 Å². The number of benzene rings is 2. The Morgan fingerprint density at radius 2 is 1.20 bits per heavy atom. The van der Waals surface area contributed by atoms with Gasteiger partial charge < -0.3 is 30.2 Å². The van der Waals surface area contributed by atoms with E-state index in [9.17, 15) is 24.0 Å². The van der Waals surface area contributed by atoms with Gasteiger partial charge in [0.2, 0.25) is 11.8 Å². The Labute approximate surface area is 359 Å². The maximum atomic E-state index is 13.0. The number of unbranched alkanes of at least 4 members (excludes halogenated alkanes) is 13. The number of carbonyl (C=O) groups excluding carboxylic acids is 5. The molecule has 1 aliphatic rings. The monoisotopic (exact) mass is 832 g/mol. The van der Waals surface area contributed by atoms with E-state index in [2.05, 4.69) is 41.6 Å². The highest BCUT2D eigenvalue weighted by Gasteiger charge is 2.30. The van der Waals surface area contributed by atoms with Crippen molar-refractivity contribution >= 4 is 29.8 Å². The number of carbonyl (C=O) groups is 5. The van der Waals surface area contributed by atoms with Crippen LogP contribution in [0, 0.1) is 0 Å². The van der Waals surface area contributed by atoms with E-state index in [4.69, 9.17) is 14.2 Å². The molecule has 0 saturated heterocycles. The van der Waals surface area contributed by atoms with E-state index in [1.165, 1.54) is 70.3 Å². The lowest BCUT2D eigenvalue weighted by Crippen LogP contribution is -2.44. The van der Waals surface area contributed by atoms with Crippen molar-refractivity contribution in [3.05, 3.63) is 72.3 Å². The second kappa shape index (κ2) is 28.0. The van der Waals surface area contributed by atoms with Gasteiger partial charge in [-0.2, -0.15) is 0 Å². The first-order valence-corrected chi connectivity index (χ1v) is 22.6. The lowest BCUT2D eigenvalue weighted by atomic mass is 9.98. The van der Waals surface area contributed by atoms with Crippen molar-refractivity contribution in [3.8, 4) is 11.1 Å². The molecule has 11 nitrogen and oxygen atoms in total. The average Bonchev–Trinajstić information content (AvgIpc) is 3.54. The Balaban J connectivity index is 1.37. The van der Waals surface area contributed by atoms with E-state index >= 15 is 0 Å². The summed E-state index contributed by atoms with van der Waals surface area (Å²) in [6.45, 7) is 11.6. The zero-order chi connectivity index (χ0) is 43.6. The fourth-order valence-electron chi connectivity index (χ4n) is 7.53. The average molecular weight is 832 g/mol. The van der Waals surface area contributed by atoms with Crippen LogP contribution in [0.15, 0.2) is 61.2 Å². The predicted octanol–water partition coefficient (Wildman–Crippen LogP) is 10.00. The van der Waals surface area contributed by atoms with Gasteiger partial charge in [-0.15, -0.1) is 0 Å². The number of rotatable bonds is 30. The fraction of sp³-hybridized carbons (Fsp3) is 0.612. The Morgan fingerprint density at radius 1 is 0.650 bits per heavy atom. The first-order valence-electron chi connectivity index (χ1n) is 22.6. The van der Waals surface area contributed by atoms with E-state index in [1.54, 1.807) is 20.8 Å². The molecule has 2 aromatic rings. The minimum atomic E-state index is -0.950. The Bertz CT molecular complexity index is 1590. The summed E-state index contributed by atoms with van der Waals surface area (Å²) in [5, 5.41) is 8.34. The van der Waals surface area contributed by atoms with Crippen molar-refractivity contribution < 1.29 is 38.2 Å². The summed E-state index contributed by atoms with van der Waals surface area (Å²) in [5.41, 5.74) is 3.66.